The number of rotatable bonds is 1. The Balaban J connectivity index is 2.11. The zero-order chi connectivity index (χ0) is 19.4. The number of likely N-dealkylation sites (tertiary alicyclic amines) is 1. The fraction of sp³-hybridized carbons (Fsp3) is 0.556. The number of carbonyl (C=O) groups is 1. The predicted molar refractivity (Wildman–Crippen MR) is 99.2 cm³/mol. The summed E-state index contributed by atoms with van der Waals surface area (Å²) in [7, 11) is 2.98. The van der Waals surface area contributed by atoms with Crippen LogP contribution < -0.4 is 17.0 Å². The van der Waals surface area contributed by atoms with Crippen molar-refractivity contribution in [2.24, 2.45) is 25.2 Å². The van der Waals surface area contributed by atoms with E-state index in [1.165, 1.54) is 11.6 Å². The van der Waals surface area contributed by atoms with Crippen molar-refractivity contribution in [3.8, 4) is 0 Å². The first-order valence-corrected chi connectivity index (χ1v) is 8.67. The van der Waals surface area contributed by atoms with Crippen molar-refractivity contribution < 1.29 is 4.79 Å². The normalized spacial score (nSPS) is 19.8. The molecule has 1 amide bonds. The molecule has 2 N–H and O–H groups in total. The van der Waals surface area contributed by atoms with Gasteiger partial charge in [0, 0.05) is 33.2 Å². The van der Waals surface area contributed by atoms with Crippen LogP contribution in [-0.4, -0.2) is 44.1 Å². The van der Waals surface area contributed by atoms with Crippen molar-refractivity contribution in [2.45, 2.75) is 33.2 Å². The number of nitrogens with zero attached hydrogens (tertiary/aromatic N) is 4. The number of hydrogen-bond acceptors (Lipinski definition) is 5. The highest BCUT2D eigenvalue weighted by Crippen LogP contribution is 2.28. The molecule has 140 valence electrons. The minimum atomic E-state index is -0.468. The van der Waals surface area contributed by atoms with E-state index in [1.54, 1.807) is 24.9 Å². The molecule has 8 nitrogen and oxygen atoms in total. The van der Waals surface area contributed by atoms with Crippen molar-refractivity contribution in [1.29, 1.82) is 0 Å². The summed E-state index contributed by atoms with van der Waals surface area (Å²) in [5, 5.41) is 0.354. The maximum Gasteiger partial charge on any atom is 0.332 e. The van der Waals surface area contributed by atoms with E-state index in [9.17, 15) is 14.4 Å². The van der Waals surface area contributed by atoms with E-state index in [0.29, 0.717) is 24.0 Å². The number of pyridine rings is 1. The van der Waals surface area contributed by atoms with Crippen LogP contribution in [0.4, 0.5) is 0 Å². The van der Waals surface area contributed by atoms with E-state index in [2.05, 4.69) is 4.98 Å². The summed E-state index contributed by atoms with van der Waals surface area (Å²) >= 11 is 0. The highest BCUT2D eigenvalue weighted by atomic mass is 16.2. The number of nitrogens with two attached hydrogens (primary N) is 1. The maximum atomic E-state index is 13.0. The average molecular weight is 359 g/mol. The number of piperidine rings is 1. The topological polar surface area (TPSA) is 103 Å². The molecule has 0 spiro atoms. The summed E-state index contributed by atoms with van der Waals surface area (Å²) in [6, 6.07) is 1.67. The van der Waals surface area contributed by atoms with Gasteiger partial charge in [0.05, 0.1) is 5.39 Å². The fourth-order valence-electron chi connectivity index (χ4n) is 3.55. The van der Waals surface area contributed by atoms with Crippen LogP contribution in [0, 0.1) is 12.3 Å². The molecule has 8 heteroatoms. The van der Waals surface area contributed by atoms with Gasteiger partial charge in [-0.2, -0.15) is 0 Å². The molecule has 0 bridgehead atoms. The van der Waals surface area contributed by atoms with Gasteiger partial charge in [0.1, 0.15) is 11.3 Å². The largest absolute Gasteiger partial charge is 0.337 e. The van der Waals surface area contributed by atoms with Crippen molar-refractivity contribution in [3.63, 3.8) is 0 Å². The first-order chi connectivity index (χ1) is 12.0. The Bertz CT molecular complexity index is 1020. The Kier molecular flexibility index (Phi) is 4.26. The molecule has 3 heterocycles. The van der Waals surface area contributed by atoms with Crippen LogP contribution >= 0.6 is 0 Å². The highest BCUT2D eigenvalue weighted by Gasteiger charge is 2.36. The number of amides is 1. The average Bonchev–Trinajstić information content (AvgIpc) is 2.59. The van der Waals surface area contributed by atoms with Crippen LogP contribution in [0.3, 0.4) is 0 Å². The SMILES string of the molecule is Cc1cc(C(=O)N2CCC(N)C(C)(C)C2)nc2c1c(=O)n(C)c(=O)n2C. The molecule has 0 aromatic carbocycles. The van der Waals surface area contributed by atoms with Crippen molar-refractivity contribution in [3.05, 3.63) is 38.2 Å². The van der Waals surface area contributed by atoms with E-state index < -0.39 is 11.2 Å². The van der Waals surface area contributed by atoms with Gasteiger partial charge in [0.15, 0.2) is 0 Å². The van der Waals surface area contributed by atoms with Gasteiger partial charge in [-0.1, -0.05) is 13.8 Å². The third-order valence-electron chi connectivity index (χ3n) is 5.43. The maximum absolute atomic E-state index is 13.0. The fourth-order valence-corrected chi connectivity index (χ4v) is 3.55. The standard InChI is InChI=1S/C18H25N5O3/c1-10-8-11(15(24)23-7-6-12(19)18(2,3)9-23)20-14-13(10)16(25)22(5)17(26)21(14)4/h8,12H,6-7,9,19H2,1-5H3. The molecule has 1 aliphatic heterocycles. The van der Waals surface area contributed by atoms with Crippen LogP contribution in [0.25, 0.3) is 11.0 Å². The van der Waals surface area contributed by atoms with E-state index in [4.69, 9.17) is 5.73 Å². The Morgan fingerprint density at radius 2 is 1.92 bits per heavy atom. The van der Waals surface area contributed by atoms with Gasteiger partial charge < -0.3 is 10.6 Å². The second-order valence-electron chi connectivity index (χ2n) is 7.84. The summed E-state index contributed by atoms with van der Waals surface area (Å²) in [5.41, 5.74) is 6.20. The Labute approximate surface area is 151 Å². The molecule has 3 rings (SSSR count). The predicted octanol–water partition coefficient (Wildman–Crippen LogP) is 0.140. The van der Waals surface area contributed by atoms with Crippen LogP contribution in [-0.2, 0) is 14.1 Å². The third-order valence-corrected chi connectivity index (χ3v) is 5.43. The molecule has 0 saturated carbocycles. The molecular weight excluding hydrogens is 334 g/mol. The number of aromatic nitrogens is 3. The van der Waals surface area contributed by atoms with Gasteiger partial charge in [0.2, 0.25) is 0 Å². The summed E-state index contributed by atoms with van der Waals surface area (Å²) in [6.07, 6.45) is 0.727. The quantitative estimate of drug-likeness (QED) is 0.780. The summed E-state index contributed by atoms with van der Waals surface area (Å²) in [6.45, 7) is 6.95. The Hall–Kier alpha value is -2.48. The van der Waals surface area contributed by atoms with Crippen LogP contribution in [0.2, 0.25) is 0 Å². The zero-order valence-corrected chi connectivity index (χ0v) is 15.9. The molecule has 1 unspecified atom stereocenters. The van der Waals surface area contributed by atoms with Crippen LogP contribution in [0.5, 0.6) is 0 Å². The van der Waals surface area contributed by atoms with Gasteiger partial charge in [-0.25, -0.2) is 9.78 Å². The molecule has 2 aromatic heterocycles. The number of fused-ring (bicyclic) bond motifs is 1. The van der Waals surface area contributed by atoms with Gasteiger partial charge in [-0.15, -0.1) is 0 Å². The zero-order valence-electron chi connectivity index (χ0n) is 15.9. The molecule has 1 atom stereocenters. The minimum Gasteiger partial charge on any atom is -0.337 e. The smallest absolute Gasteiger partial charge is 0.332 e. The van der Waals surface area contributed by atoms with Gasteiger partial charge in [0.25, 0.3) is 11.5 Å². The number of carbonyl (C=O) groups excluding carboxylic acids is 1. The summed E-state index contributed by atoms with van der Waals surface area (Å²) in [5.74, 6) is -0.205. The number of hydrogen-bond donors (Lipinski definition) is 1. The lowest BCUT2D eigenvalue weighted by Gasteiger charge is -2.42. The van der Waals surface area contributed by atoms with Gasteiger partial charge in [-0.3, -0.25) is 18.7 Å². The molecule has 2 aromatic rings. The minimum absolute atomic E-state index is 0.0432. The Morgan fingerprint density at radius 3 is 2.54 bits per heavy atom. The van der Waals surface area contributed by atoms with Gasteiger partial charge >= 0.3 is 5.69 Å². The second kappa shape index (κ2) is 6.05. The van der Waals surface area contributed by atoms with E-state index in [0.717, 1.165) is 11.0 Å². The lowest BCUT2D eigenvalue weighted by Crippen LogP contribution is -2.54. The Morgan fingerprint density at radius 1 is 1.27 bits per heavy atom. The molecule has 26 heavy (non-hydrogen) atoms. The third kappa shape index (κ3) is 2.74. The van der Waals surface area contributed by atoms with E-state index in [-0.39, 0.29) is 28.7 Å². The van der Waals surface area contributed by atoms with Crippen LogP contribution in [0.15, 0.2) is 15.7 Å². The molecule has 1 fully saturated rings. The molecular formula is C18H25N5O3. The highest BCUT2D eigenvalue weighted by molar-refractivity contribution is 5.95. The van der Waals surface area contributed by atoms with Crippen molar-refractivity contribution in [1.82, 2.24) is 19.0 Å². The molecule has 0 radical (unpaired) electrons. The number of aryl methyl sites for hydroxylation is 2. The lowest BCUT2D eigenvalue weighted by molar-refractivity contribution is 0.0527. The molecule has 0 aliphatic carbocycles. The first-order valence-electron chi connectivity index (χ1n) is 8.67. The molecule has 1 aliphatic rings. The van der Waals surface area contributed by atoms with Crippen molar-refractivity contribution in [2.75, 3.05) is 13.1 Å². The summed E-state index contributed by atoms with van der Waals surface area (Å²) < 4.78 is 2.35. The monoisotopic (exact) mass is 359 g/mol. The van der Waals surface area contributed by atoms with Crippen LogP contribution in [0.1, 0.15) is 36.3 Å². The van der Waals surface area contributed by atoms with Gasteiger partial charge in [-0.05, 0) is 30.4 Å². The van der Waals surface area contributed by atoms with Crippen molar-refractivity contribution >= 4 is 16.9 Å². The van der Waals surface area contributed by atoms with E-state index >= 15 is 0 Å². The second-order valence-corrected chi connectivity index (χ2v) is 7.84. The van der Waals surface area contributed by atoms with E-state index in [1.807, 2.05) is 13.8 Å². The lowest BCUT2D eigenvalue weighted by atomic mass is 9.79. The summed E-state index contributed by atoms with van der Waals surface area (Å²) in [4.78, 5) is 43.7. The molecule has 1 saturated heterocycles. The first kappa shape index (κ1) is 18.3.